The second-order valence-electron chi connectivity index (χ2n) is 10.6. The molecule has 1 atom stereocenters. The van der Waals surface area contributed by atoms with Gasteiger partial charge in [0, 0.05) is 30.1 Å². The molecule has 11 nitrogen and oxygen atoms in total. The van der Waals surface area contributed by atoms with Crippen molar-refractivity contribution < 1.29 is 34.1 Å². The Morgan fingerprint density at radius 2 is 1.50 bits per heavy atom. The Kier molecular flexibility index (Phi) is 15.1. The predicted octanol–water partition coefficient (Wildman–Crippen LogP) is 2.72. The smallest absolute Gasteiger partial charge is 0.257 e. The van der Waals surface area contributed by atoms with Crippen LogP contribution in [0.15, 0.2) is 48.5 Å². The molecule has 3 amide bonds. The molecule has 0 aliphatic carbocycles. The average molecular weight is 603 g/mol. The van der Waals surface area contributed by atoms with E-state index in [2.05, 4.69) is 42.0 Å². The van der Waals surface area contributed by atoms with Crippen molar-refractivity contribution >= 4 is 46.4 Å². The lowest BCUT2D eigenvalue weighted by molar-refractivity contribution is -0.130. The molecule has 230 valence electrons. The number of aliphatic hydroxyl groups excluding tert-OH is 2. The SMILES string of the molecule is CC(C)(C)c1ccc(C(=O)NC(=S)Nc2ccc(NC(=O)COCCOCCNC(=O)C(O)CCCCO)cc2)cc1. The van der Waals surface area contributed by atoms with Gasteiger partial charge in [-0.05, 0) is 78.9 Å². The molecule has 2 rings (SSSR count). The molecule has 0 heterocycles. The molecule has 0 aliphatic heterocycles. The molecule has 6 N–H and O–H groups in total. The summed E-state index contributed by atoms with van der Waals surface area (Å²) in [7, 11) is 0. The number of benzene rings is 2. The van der Waals surface area contributed by atoms with Gasteiger partial charge in [-0.1, -0.05) is 32.9 Å². The van der Waals surface area contributed by atoms with E-state index in [1.165, 1.54) is 0 Å². The molecule has 0 saturated carbocycles. The van der Waals surface area contributed by atoms with Crippen LogP contribution >= 0.6 is 12.2 Å². The lowest BCUT2D eigenvalue weighted by Gasteiger charge is -2.19. The van der Waals surface area contributed by atoms with Gasteiger partial charge in [-0.3, -0.25) is 19.7 Å². The Bertz CT molecular complexity index is 1150. The maximum absolute atomic E-state index is 12.5. The molecule has 1 unspecified atom stereocenters. The molecule has 42 heavy (non-hydrogen) atoms. The number of hydrogen-bond donors (Lipinski definition) is 6. The number of carbonyl (C=O) groups is 3. The second-order valence-corrected chi connectivity index (χ2v) is 11.0. The summed E-state index contributed by atoms with van der Waals surface area (Å²) in [6.07, 6.45) is 0.310. The highest BCUT2D eigenvalue weighted by atomic mass is 32.1. The number of carbonyl (C=O) groups excluding carboxylic acids is 3. The van der Waals surface area contributed by atoms with Crippen molar-refractivity contribution in [2.75, 3.05) is 50.2 Å². The van der Waals surface area contributed by atoms with Crippen LogP contribution < -0.4 is 21.3 Å². The summed E-state index contributed by atoms with van der Waals surface area (Å²) in [4.78, 5) is 36.3. The van der Waals surface area contributed by atoms with Crippen LogP contribution in [0.2, 0.25) is 0 Å². The molecule has 2 aromatic rings. The normalized spacial score (nSPS) is 11.8. The van der Waals surface area contributed by atoms with Gasteiger partial charge in [0.05, 0.1) is 19.8 Å². The number of ether oxygens (including phenoxy) is 2. The van der Waals surface area contributed by atoms with Crippen molar-refractivity contribution in [3.63, 3.8) is 0 Å². The number of unbranched alkanes of at least 4 members (excludes halogenated alkanes) is 1. The summed E-state index contributed by atoms with van der Waals surface area (Å²) in [6.45, 7) is 7.10. The highest BCUT2D eigenvalue weighted by molar-refractivity contribution is 7.80. The van der Waals surface area contributed by atoms with Crippen LogP contribution in [0, 0.1) is 0 Å². The van der Waals surface area contributed by atoms with Gasteiger partial charge in [0.25, 0.3) is 5.91 Å². The van der Waals surface area contributed by atoms with E-state index < -0.39 is 12.0 Å². The molecule has 0 saturated heterocycles. The minimum Gasteiger partial charge on any atom is -0.396 e. The van der Waals surface area contributed by atoms with E-state index >= 15 is 0 Å². The maximum atomic E-state index is 12.5. The zero-order valence-corrected chi connectivity index (χ0v) is 25.2. The molecule has 0 bridgehead atoms. The van der Waals surface area contributed by atoms with E-state index in [-0.39, 0.29) is 61.9 Å². The first kappa shape index (κ1) is 34.8. The van der Waals surface area contributed by atoms with E-state index in [4.69, 9.17) is 26.8 Å². The Balaban J connectivity index is 1.59. The molecule has 0 radical (unpaired) electrons. The zero-order valence-electron chi connectivity index (χ0n) is 24.4. The Morgan fingerprint density at radius 3 is 2.12 bits per heavy atom. The van der Waals surface area contributed by atoms with Gasteiger partial charge in [0.15, 0.2) is 5.11 Å². The standard InChI is InChI=1S/C30H42N4O7S/c1-30(2,3)22-9-7-21(8-10-22)27(38)34-29(42)33-24-13-11-23(12-14-24)32-26(37)20-41-19-18-40-17-15-31-28(39)25(36)6-4-5-16-35/h7-14,25,35-36H,4-6,15-20H2,1-3H3,(H,31,39)(H,32,37)(H2,33,34,38,42). The van der Waals surface area contributed by atoms with Gasteiger partial charge in [0.2, 0.25) is 11.8 Å². The third-order valence-electron chi connectivity index (χ3n) is 6.01. The molecule has 0 spiro atoms. The topological polar surface area (TPSA) is 158 Å². The number of anilines is 2. The number of amides is 3. The molecule has 0 aliphatic rings. The summed E-state index contributed by atoms with van der Waals surface area (Å²) in [5, 5.41) is 29.5. The zero-order chi connectivity index (χ0) is 31.0. The van der Waals surface area contributed by atoms with E-state index in [1.54, 1.807) is 36.4 Å². The first-order chi connectivity index (χ1) is 20.0. The van der Waals surface area contributed by atoms with Gasteiger partial charge in [0.1, 0.15) is 12.7 Å². The number of thiocarbonyl (C=S) groups is 1. The summed E-state index contributed by atoms with van der Waals surface area (Å²) in [5.74, 6) is -1.12. The van der Waals surface area contributed by atoms with E-state index in [0.29, 0.717) is 36.2 Å². The van der Waals surface area contributed by atoms with Crippen LogP contribution in [0.25, 0.3) is 0 Å². The van der Waals surface area contributed by atoms with E-state index in [9.17, 15) is 19.5 Å². The fourth-order valence-electron chi connectivity index (χ4n) is 3.62. The van der Waals surface area contributed by atoms with Crippen LogP contribution in [0.1, 0.15) is 56.0 Å². The lowest BCUT2D eigenvalue weighted by Crippen LogP contribution is -2.36. The van der Waals surface area contributed by atoms with Gasteiger partial charge >= 0.3 is 0 Å². The molecule has 12 heteroatoms. The number of nitrogens with one attached hydrogen (secondary N) is 4. The van der Waals surface area contributed by atoms with Crippen molar-refractivity contribution in [3.05, 3.63) is 59.7 Å². The van der Waals surface area contributed by atoms with Crippen molar-refractivity contribution in [2.24, 2.45) is 0 Å². The van der Waals surface area contributed by atoms with E-state index in [1.807, 2.05) is 12.1 Å². The van der Waals surface area contributed by atoms with Crippen LogP contribution in [0.5, 0.6) is 0 Å². The number of hydrogen-bond acceptors (Lipinski definition) is 8. The van der Waals surface area contributed by atoms with Crippen molar-refractivity contribution in [3.8, 4) is 0 Å². The minimum absolute atomic E-state index is 0.00308. The van der Waals surface area contributed by atoms with E-state index in [0.717, 1.165) is 5.56 Å². The summed E-state index contributed by atoms with van der Waals surface area (Å²) < 4.78 is 10.7. The quantitative estimate of drug-likeness (QED) is 0.126. The molecule has 0 aromatic heterocycles. The first-order valence-corrected chi connectivity index (χ1v) is 14.3. The van der Waals surface area contributed by atoms with Gasteiger partial charge in [-0.25, -0.2) is 0 Å². The summed E-state index contributed by atoms with van der Waals surface area (Å²) in [5.41, 5.74) is 2.84. The van der Waals surface area contributed by atoms with Crippen LogP contribution in [0.4, 0.5) is 11.4 Å². The second kappa shape index (κ2) is 18.2. The summed E-state index contributed by atoms with van der Waals surface area (Å²) >= 11 is 5.26. The monoisotopic (exact) mass is 602 g/mol. The maximum Gasteiger partial charge on any atom is 0.257 e. The largest absolute Gasteiger partial charge is 0.396 e. The van der Waals surface area contributed by atoms with Crippen LogP contribution in [-0.4, -0.2) is 78.7 Å². The number of rotatable bonds is 16. The number of aliphatic hydroxyl groups is 2. The molecular formula is C30H42N4O7S. The van der Waals surface area contributed by atoms with Crippen LogP contribution in [-0.2, 0) is 24.5 Å². The highest BCUT2D eigenvalue weighted by Crippen LogP contribution is 2.22. The Hall–Kier alpha value is -3.42. The Morgan fingerprint density at radius 1 is 0.881 bits per heavy atom. The lowest BCUT2D eigenvalue weighted by atomic mass is 9.87. The third kappa shape index (κ3) is 13.5. The fraction of sp³-hybridized carbons (Fsp3) is 0.467. The van der Waals surface area contributed by atoms with Gasteiger partial charge < -0.3 is 35.6 Å². The predicted molar refractivity (Wildman–Crippen MR) is 165 cm³/mol. The molecule has 0 fully saturated rings. The van der Waals surface area contributed by atoms with Crippen molar-refractivity contribution in [2.45, 2.75) is 51.6 Å². The van der Waals surface area contributed by atoms with Crippen molar-refractivity contribution in [1.82, 2.24) is 10.6 Å². The van der Waals surface area contributed by atoms with Gasteiger partial charge in [-0.2, -0.15) is 0 Å². The highest BCUT2D eigenvalue weighted by Gasteiger charge is 2.15. The summed E-state index contributed by atoms with van der Waals surface area (Å²) in [6, 6.07) is 14.2. The molecule has 2 aromatic carbocycles. The molecular weight excluding hydrogens is 560 g/mol. The third-order valence-corrected chi connectivity index (χ3v) is 6.21. The minimum atomic E-state index is -1.10. The first-order valence-electron chi connectivity index (χ1n) is 13.8. The fourth-order valence-corrected chi connectivity index (χ4v) is 3.83. The van der Waals surface area contributed by atoms with Gasteiger partial charge in [-0.15, -0.1) is 0 Å². The average Bonchev–Trinajstić information content (AvgIpc) is 2.95. The Labute approximate surface area is 252 Å². The van der Waals surface area contributed by atoms with Crippen LogP contribution in [0.3, 0.4) is 0 Å². The van der Waals surface area contributed by atoms with Crippen molar-refractivity contribution in [1.29, 1.82) is 0 Å².